The van der Waals surface area contributed by atoms with Crippen LogP contribution in [0.1, 0.15) is 23.1 Å². The standard InChI is InChI=1S/C24H23NO3/c1-27-20-10-7-16-13-18-17-8-9-19(26)23-24(17,21(16)22(20)28-23)11-12-25(18)14-15-5-3-2-4-6-15/h2-10,17-18,23H,11-14H2,1H3/t17-,18+,23-,24-/m0/s1. The number of rotatable bonds is 3. The number of methoxy groups -OCH3 is 1. The minimum atomic E-state index is -0.408. The summed E-state index contributed by atoms with van der Waals surface area (Å²) in [6, 6.07) is 15.2. The van der Waals surface area contributed by atoms with Crippen LogP contribution in [-0.4, -0.2) is 36.5 Å². The Hall–Kier alpha value is -2.59. The summed E-state index contributed by atoms with van der Waals surface area (Å²) in [6.07, 6.45) is 5.45. The van der Waals surface area contributed by atoms with E-state index in [4.69, 9.17) is 9.47 Å². The molecule has 2 aliphatic heterocycles. The van der Waals surface area contributed by atoms with Crippen LogP contribution in [0.5, 0.6) is 11.5 Å². The van der Waals surface area contributed by atoms with Crippen LogP contribution in [0.15, 0.2) is 54.6 Å². The molecule has 6 rings (SSSR count). The number of carbonyl (C=O) groups is 1. The van der Waals surface area contributed by atoms with Crippen LogP contribution < -0.4 is 9.47 Å². The van der Waals surface area contributed by atoms with E-state index in [0.29, 0.717) is 12.0 Å². The molecule has 1 fully saturated rings. The van der Waals surface area contributed by atoms with Gasteiger partial charge in [0, 0.05) is 24.1 Å². The van der Waals surface area contributed by atoms with E-state index in [9.17, 15) is 4.79 Å². The zero-order valence-corrected chi connectivity index (χ0v) is 15.9. The lowest BCUT2D eigenvalue weighted by molar-refractivity contribution is -0.127. The summed E-state index contributed by atoms with van der Waals surface area (Å²) in [4.78, 5) is 15.4. The Labute approximate surface area is 164 Å². The van der Waals surface area contributed by atoms with Crippen LogP contribution in [0.3, 0.4) is 0 Å². The van der Waals surface area contributed by atoms with E-state index in [1.807, 2.05) is 6.07 Å². The second kappa shape index (κ2) is 5.71. The van der Waals surface area contributed by atoms with Crippen molar-refractivity contribution in [1.29, 1.82) is 0 Å². The van der Waals surface area contributed by atoms with Crippen molar-refractivity contribution in [3.8, 4) is 11.5 Å². The molecule has 2 bridgehead atoms. The molecule has 2 aliphatic carbocycles. The highest BCUT2D eigenvalue weighted by Crippen LogP contribution is 2.62. The van der Waals surface area contributed by atoms with Gasteiger partial charge in [0.05, 0.1) is 12.5 Å². The lowest BCUT2D eigenvalue weighted by Crippen LogP contribution is -2.64. The topological polar surface area (TPSA) is 38.8 Å². The first-order chi connectivity index (χ1) is 13.7. The van der Waals surface area contributed by atoms with Crippen LogP contribution in [0.2, 0.25) is 0 Å². The highest BCUT2D eigenvalue weighted by Gasteiger charge is 2.64. The van der Waals surface area contributed by atoms with Crippen molar-refractivity contribution >= 4 is 5.78 Å². The van der Waals surface area contributed by atoms with E-state index in [1.165, 1.54) is 16.7 Å². The lowest BCUT2D eigenvalue weighted by atomic mass is 9.53. The third kappa shape index (κ3) is 1.96. The third-order valence-electron chi connectivity index (χ3n) is 7.27. The Bertz CT molecular complexity index is 998. The van der Waals surface area contributed by atoms with Crippen molar-refractivity contribution in [1.82, 2.24) is 4.90 Å². The van der Waals surface area contributed by atoms with Crippen molar-refractivity contribution in [2.24, 2.45) is 5.92 Å². The van der Waals surface area contributed by atoms with E-state index in [-0.39, 0.29) is 11.2 Å². The van der Waals surface area contributed by atoms with Crippen LogP contribution in [0.25, 0.3) is 0 Å². The third-order valence-corrected chi connectivity index (χ3v) is 7.27. The molecule has 0 radical (unpaired) electrons. The number of hydrogen-bond donors (Lipinski definition) is 0. The first-order valence-corrected chi connectivity index (χ1v) is 10.1. The van der Waals surface area contributed by atoms with Gasteiger partial charge >= 0.3 is 0 Å². The van der Waals surface area contributed by atoms with Gasteiger partial charge in [-0.2, -0.15) is 0 Å². The number of ketones is 1. The van der Waals surface area contributed by atoms with Gasteiger partial charge < -0.3 is 9.47 Å². The number of likely N-dealkylation sites (tertiary alicyclic amines) is 1. The Morgan fingerprint density at radius 2 is 2.07 bits per heavy atom. The predicted octanol–water partition coefficient (Wildman–Crippen LogP) is 3.28. The Morgan fingerprint density at radius 3 is 2.89 bits per heavy atom. The molecule has 4 aliphatic rings. The van der Waals surface area contributed by atoms with E-state index < -0.39 is 6.10 Å². The summed E-state index contributed by atoms with van der Waals surface area (Å²) in [7, 11) is 1.67. The number of benzene rings is 2. The van der Waals surface area contributed by atoms with Crippen molar-refractivity contribution < 1.29 is 14.3 Å². The first kappa shape index (κ1) is 16.4. The van der Waals surface area contributed by atoms with Gasteiger partial charge in [-0.1, -0.05) is 42.5 Å². The summed E-state index contributed by atoms with van der Waals surface area (Å²) in [5.74, 6) is 1.95. The molecular formula is C24H23NO3. The maximum atomic E-state index is 12.8. The maximum absolute atomic E-state index is 12.8. The van der Waals surface area contributed by atoms with Gasteiger partial charge in [-0.25, -0.2) is 0 Å². The maximum Gasteiger partial charge on any atom is 0.196 e. The minimum absolute atomic E-state index is 0.0950. The second-order valence-electron chi connectivity index (χ2n) is 8.43. The fourth-order valence-corrected chi connectivity index (χ4v) is 6.14. The lowest BCUT2D eigenvalue weighted by Gasteiger charge is -2.56. The highest BCUT2D eigenvalue weighted by molar-refractivity contribution is 5.98. The van der Waals surface area contributed by atoms with Crippen molar-refractivity contribution in [3.05, 3.63) is 71.3 Å². The molecule has 0 amide bonds. The van der Waals surface area contributed by atoms with E-state index >= 15 is 0 Å². The Kier molecular flexibility index (Phi) is 3.34. The van der Waals surface area contributed by atoms with Crippen LogP contribution in [-0.2, 0) is 23.2 Å². The molecule has 4 nitrogen and oxygen atoms in total. The van der Waals surface area contributed by atoms with Crippen molar-refractivity contribution in [2.75, 3.05) is 13.7 Å². The van der Waals surface area contributed by atoms with Gasteiger partial charge in [0.25, 0.3) is 0 Å². The minimum Gasteiger partial charge on any atom is -0.493 e. The summed E-state index contributed by atoms with van der Waals surface area (Å²) in [6.45, 7) is 1.93. The van der Waals surface area contributed by atoms with Crippen LogP contribution in [0.4, 0.5) is 0 Å². The molecule has 1 saturated heterocycles. The quantitative estimate of drug-likeness (QED) is 0.828. The van der Waals surface area contributed by atoms with Gasteiger partial charge in [-0.15, -0.1) is 0 Å². The van der Waals surface area contributed by atoms with Crippen LogP contribution >= 0.6 is 0 Å². The summed E-state index contributed by atoms with van der Waals surface area (Å²) in [5, 5.41) is 0. The van der Waals surface area contributed by atoms with E-state index in [0.717, 1.165) is 37.4 Å². The van der Waals surface area contributed by atoms with E-state index in [2.05, 4.69) is 47.4 Å². The molecule has 2 aromatic rings. The number of carbonyl (C=O) groups excluding carboxylic acids is 1. The molecule has 0 saturated carbocycles. The molecule has 28 heavy (non-hydrogen) atoms. The molecule has 0 N–H and O–H groups in total. The normalized spacial score (nSPS) is 32.0. The molecule has 2 heterocycles. The molecule has 142 valence electrons. The van der Waals surface area contributed by atoms with Gasteiger partial charge in [-0.3, -0.25) is 9.69 Å². The molecule has 2 aromatic carbocycles. The fourth-order valence-electron chi connectivity index (χ4n) is 6.14. The summed E-state index contributed by atoms with van der Waals surface area (Å²) < 4.78 is 11.9. The summed E-state index contributed by atoms with van der Waals surface area (Å²) in [5.41, 5.74) is 3.67. The predicted molar refractivity (Wildman–Crippen MR) is 106 cm³/mol. The van der Waals surface area contributed by atoms with Crippen molar-refractivity contribution in [3.63, 3.8) is 0 Å². The molecule has 0 unspecified atom stereocenters. The zero-order valence-electron chi connectivity index (χ0n) is 15.9. The van der Waals surface area contributed by atoms with Crippen molar-refractivity contribution in [2.45, 2.75) is 36.9 Å². The molecule has 4 atom stereocenters. The monoisotopic (exact) mass is 373 g/mol. The van der Waals surface area contributed by atoms with Gasteiger partial charge in [0.1, 0.15) is 0 Å². The average Bonchev–Trinajstić information content (AvgIpc) is 3.07. The van der Waals surface area contributed by atoms with Crippen LogP contribution in [0, 0.1) is 5.92 Å². The van der Waals surface area contributed by atoms with Gasteiger partial charge in [-0.05, 0) is 42.7 Å². The molecule has 0 aromatic heterocycles. The highest BCUT2D eigenvalue weighted by atomic mass is 16.5. The fraction of sp³-hybridized carbons (Fsp3) is 0.375. The number of piperidine rings is 1. The summed E-state index contributed by atoms with van der Waals surface area (Å²) >= 11 is 0. The number of nitrogens with zero attached hydrogens (tertiary/aromatic N) is 1. The Morgan fingerprint density at radius 1 is 1.21 bits per heavy atom. The second-order valence-corrected chi connectivity index (χ2v) is 8.43. The zero-order chi connectivity index (χ0) is 18.9. The van der Waals surface area contributed by atoms with Gasteiger partial charge in [0.15, 0.2) is 23.4 Å². The number of hydrogen-bond acceptors (Lipinski definition) is 4. The first-order valence-electron chi connectivity index (χ1n) is 10.1. The van der Waals surface area contributed by atoms with Gasteiger partial charge in [0.2, 0.25) is 0 Å². The Balaban J connectivity index is 1.49. The SMILES string of the molecule is COc1ccc2c3c1O[C@H]1C(=O)C=C[C@H]4[C@@H](C2)N(Cc2ccccc2)CC[C@]314. The largest absolute Gasteiger partial charge is 0.493 e. The molecular weight excluding hydrogens is 350 g/mol. The van der Waals surface area contributed by atoms with E-state index in [1.54, 1.807) is 13.2 Å². The number of ether oxygens (including phenoxy) is 2. The average molecular weight is 373 g/mol. The molecule has 1 spiro atoms. The molecule has 4 heteroatoms. The smallest absolute Gasteiger partial charge is 0.196 e.